The summed E-state index contributed by atoms with van der Waals surface area (Å²) in [4.78, 5) is 4.67. The highest BCUT2D eigenvalue weighted by Crippen LogP contribution is 2.39. The Hall–Kier alpha value is -0.730. The van der Waals surface area contributed by atoms with Gasteiger partial charge in [-0.1, -0.05) is 24.4 Å². The average molecular weight is 297 g/mol. The molecular weight excluding hydrogens is 279 g/mol. The van der Waals surface area contributed by atoms with E-state index in [1.165, 1.54) is 19.3 Å². The standard InChI is InChI=1S/C15H18Cl2N2/c1-9(7-11-3-4-11)19-14-6-5-12(17)8-13(14)18-15(19)10(2)16/h5-6,8-11H,3-4,7H2,1-2H3. The Morgan fingerprint density at radius 2 is 2.11 bits per heavy atom. The van der Waals surface area contributed by atoms with Crippen molar-refractivity contribution in [3.63, 3.8) is 0 Å². The number of aromatic nitrogens is 2. The van der Waals surface area contributed by atoms with Gasteiger partial charge in [0.1, 0.15) is 5.82 Å². The molecule has 1 heterocycles. The van der Waals surface area contributed by atoms with Crippen LogP contribution in [-0.2, 0) is 0 Å². The second kappa shape index (κ2) is 4.99. The van der Waals surface area contributed by atoms with Crippen molar-refractivity contribution in [1.82, 2.24) is 9.55 Å². The normalized spacial score (nSPS) is 18.7. The maximum Gasteiger partial charge on any atom is 0.127 e. The SMILES string of the molecule is CC(Cl)c1nc2cc(Cl)ccc2n1C(C)CC1CC1. The molecule has 19 heavy (non-hydrogen) atoms. The summed E-state index contributed by atoms with van der Waals surface area (Å²) in [6.45, 7) is 4.24. The predicted octanol–water partition coefficient (Wildman–Crippen LogP) is 5.35. The fourth-order valence-electron chi connectivity index (χ4n) is 2.78. The van der Waals surface area contributed by atoms with Gasteiger partial charge >= 0.3 is 0 Å². The highest BCUT2D eigenvalue weighted by Gasteiger charge is 2.27. The largest absolute Gasteiger partial charge is 0.324 e. The van der Waals surface area contributed by atoms with E-state index in [1.807, 2.05) is 19.1 Å². The number of benzene rings is 1. The maximum absolute atomic E-state index is 6.30. The Kier molecular flexibility index (Phi) is 3.48. The van der Waals surface area contributed by atoms with Crippen LogP contribution >= 0.6 is 23.2 Å². The van der Waals surface area contributed by atoms with Crippen LogP contribution in [-0.4, -0.2) is 9.55 Å². The zero-order valence-corrected chi connectivity index (χ0v) is 12.7. The van der Waals surface area contributed by atoms with E-state index >= 15 is 0 Å². The van der Waals surface area contributed by atoms with Crippen molar-refractivity contribution in [3.8, 4) is 0 Å². The summed E-state index contributed by atoms with van der Waals surface area (Å²) in [5, 5.41) is 0.633. The van der Waals surface area contributed by atoms with E-state index in [2.05, 4.69) is 22.5 Å². The van der Waals surface area contributed by atoms with Crippen LogP contribution in [0.3, 0.4) is 0 Å². The molecular formula is C15H18Cl2N2. The van der Waals surface area contributed by atoms with Gasteiger partial charge in [-0.2, -0.15) is 0 Å². The molecule has 0 amide bonds. The van der Waals surface area contributed by atoms with E-state index in [4.69, 9.17) is 23.2 Å². The van der Waals surface area contributed by atoms with Gasteiger partial charge in [-0.25, -0.2) is 4.98 Å². The van der Waals surface area contributed by atoms with E-state index in [0.29, 0.717) is 6.04 Å². The van der Waals surface area contributed by atoms with Crippen molar-refractivity contribution in [2.75, 3.05) is 0 Å². The zero-order valence-electron chi connectivity index (χ0n) is 11.2. The van der Waals surface area contributed by atoms with E-state index in [1.54, 1.807) is 0 Å². The van der Waals surface area contributed by atoms with Crippen LogP contribution in [0.1, 0.15) is 50.4 Å². The molecule has 102 valence electrons. The van der Waals surface area contributed by atoms with Gasteiger partial charge in [0.25, 0.3) is 0 Å². The van der Waals surface area contributed by atoms with Crippen LogP contribution in [0.15, 0.2) is 18.2 Å². The lowest BCUT2D eigenvalue weighted by Gasteiger charge is -2.18. The van der Waals surface area contributed by atoms with Gasteiger partial charge in [0.05, 0.1) is 16.4 Å². The van der Waals surface area contributed by atoms with E-state index < -0.39 is 0 Å². The number of nitrogens with zero attached hydrogens (tertiary/aromatic N) is 2. The second-order valence-corrected chi connectivity index (χ2v) is 6.71. The summed E-state index contributed by atoms with van der Waals surface area (Å²) < 4.78 is 2.29. The molecule has 1 aliphatic carbocycles. The van der Waals surface area contributed by atoms with Crippen LogP contribution < -0.4 is 0 Å². The molecule has 1 aromatic heterocycles. The lowest BCUT2D eigenvalue weighted by Crippen LogP contribution is -2.10. The molecule has 0 spiro atoms. The van der Waals surface area contributed by atoms with Gasteiger partial charge in [-0.05, 0) is 44.4 Å². The fraction of sp³-hybridized carbons (Fsp3) is 0.533. The summed E-state index contributed by atoms with van der Waals surface area (Å²) in [6.07, 6.45) is 3.95. The summed E-state index contributed by atoms with van der Waals surface area (Å²) in [6, 6.07) is 6.33. The summed E-state index contributed by atoms with van der Waals surface area (Å²) in [5.74, 6) is 1.84. The van der Waals surface area contributed by atoms with Gasteiger partial charge in [-0.15, -0.1) is 11.6 Å². The molecule has 2 aromatic rings. The molecule has 1 aromatic carbocycles. The Balaban J connectivity index is 2.09. The van der Waals surface area contributed by atoms with Crippen molar-refractivity contribution in [2.45, 2.75) is 44.5 Å². The molecule has 0 aliphatic heterocycles. The minimum Gasteiger partial charge on any atom is -0.324 e. The van der Waals surface area contributed by atoms with Gasteiger partial charge in [-0.3, -0.25) is 0 Å². The quantitative estimate of drug-likeness (QED) is 0.695. The van der Waals surface area contributed by atoms with Crippen LogP contribution in [0.4, 0.5) is 0 Å². The van der Waals surface area contributed by atoms with Gasteiger partial charge in [0, 0.05) is 11.1 Å². The minimum absolute atomic E-state index is 0.0900. The third-order valence-electron chi connectivity index (χ3n) is 3.85. The Morgan fingerprint density at radius 1 is 1.37 bits per heavy atom. The van der Waals surface area contributed by atoms with Gasteiger partial charge < -0.3 is 4.57 Å². The van der Waals surface area contributed by atoms with E-state index in [9.17, 15) is 0 Å². The van der Waals surface area contributed by atoms with Crippen LogP contribution in [0.5, 0.6) is 0 Å². The molecule has 0 saturated heterocycles. The van der Waals surface area contributed by atoms with Crippen LogP contribution in [0.2, 0.25) is 5.02 Å². The third kappa shape index (κ3) is 2.61. The lowest BCUT2D eigenvalue weighted by molar-refractivity contribution is 0.472. The number of hydrogen-bond acceptors (Lipinski definition) is 1. The highest BCUT2D eigenvalue weighted by atomic mass is 35.5. The first-order valence-electron chi connectivity index (χ1n) is 6.87. The Bertz CT molecular complexity index is 599. The van der Waals surface area contributed by atoms with Crippen molar-refractivity contribution < 1.29 is 0 Å². The second-order valence-electron chi connectivity index (χ2n) is 5.62. The summed E-state index contributed by atoms with van der Waals surface area (Å²) in [5.41, 5.74) is 2.08. The van der Waals surface area contributed by atoms with Crippen molar-refractivity contribution in [1.29, 1.82) is 0 Å². The van der Waals surface area contributed by atoms with E-state index in [-0.39, 0.29) is 5.38 Å². The molecule has 1 aliphatic rings. The molecule has 3 rings (SSSR count). The average Bonchev–Trinajstić information content (AvgIpc) is 3.06. The maximum atomic E-state index is 6.30. The zero-order chi connectivity index (χ0) is 13.6. The molecule has 0 bridgehead atoms. The van der Waals surface area contributed by atoms with Crippen molar-refractivity contribution in [2.24, 2.45) is 5.92 Å². The molecule has 4 heteroatoms. The van der Waals surface area contributed by atoms with Crippen LogP contribution in [0.25, 0.3) is 11.0 Å². The van der Waals surface area contributed by atoms with E-state index in [0.717, 1.165) is 27.8 Å². The molecule has 2 atom stereocenters. The lowest BCUT2D eigenvalue weighted by atomic mass is 10.1. The highest BCUT2D eigenvalue weighted by molar-refractivity contribution is 6.31. The van der Waals surface area contributed by atoms with Crippen molar-refractivity contribution in [3.05, 3.63) is 29.0 Å². The molecule has 0 N–H and O–H groups in total. The first kappa shape index (κ1) is 13.3. The van der Waals surface area contributed by atoms with Crippen molar-refractivity contribution >= 4 is 34.2 Å². The Morgan fingerprint density at radius 3 is 2.74 bits per heavy atom. The number of rotatable bonds is 4. The number of hydrogen-bond donors (Lipinski definition) is 0. The molecule has 0 radical (unpaired) electrons. The number of fused-ring (bicyclic) bond motifs is 1. The first-order chi connectivity index (χ1) is 9.06. The minimum atomic E-state index is -0.0900. The molecule has 1 saturated carbocycles. The topological polar surface area (TPSA) is 17.8 Å². The third-order valence-corrected chi connectivity index (χ3v) is 4.28. The Labute approximate surface area is 123 Å². The fourth-order valence-corrected chi connectivity index (χ4v) is 3.10. The number of alkyl halides is 1. The van der Waals surface area contributed by atoms with Crippen LogP contribution in [0, 0.1) is 5.92 Å². The first-order valence-corrected chi connectivity index (χ1v) is 7.69. The summed E-state index contributed by atoms with van der Waals surface area (Å²) in [7, 11) is 0. The smallest absolute Gasteiger partial charge is 0.127 e. The van der Waals surface area contributed by atoms with Gasteiger partial charge in [0.2, 0.25) is 0 Å². The summed E-state index contributed by atoms with van der Waals surface area (Å²) >= 11 is 12.4. The molecule has 1 fully saturated rings. The predicted molar refractivity (Wildman–Crippen MR) is 81.1 cm³/mol. The van der Waals surface area contributed by atoms with Gasteiger partial charge in [0.15, 0.2) is 0 Å². The monoisotopic (exact) mass is 296 g/mol. The molecule has 2 unspecified atom stereocenters. The number of imidazole rings is 1. The molecule has 2 nitrogen and oxygen atoms in total. The number of halogens is 2.